The van der Waals surface area contributed by atoms with Gasteiger partial charge in [0.05, 0.1) is 0 Å². The van der Waals surface area contributed by atoms with Gasteiger partial charge in [-0.2, -0.15) is 0 Å². The smallest absolute Gasteiger partial charge is 0.00225 e. The molecule has 18 heavy (non-hydrogen) atoms. The summed E-state index contributed by atoms with van der Waals surface area (Å²) in [6, 6.07) is 0. The fraction of sp³-hybridized carbons (Fsp3) is 1.00. The van der Waals surface area contributed by atoms with Crippen LogP contribution in [-0.4, -0.2) is 74.1 Å². The highest BCUT2D eigenvalue weighted by molar-refractivity contribution is 4.83. The van der Waals surface area contributed by atoms with Crippen LogP contribution in [0.1, 0.15) is 25.7 Å². The van der Waals surface area contributed by atoms with Crippen LogP contribution in [0.15, 0.2) is 0 Å². The number of rotatable bonds is 4. The topological polar surface area (TPSA) is 9.72 Å². The Morgan fingerprint density at radius 2 is 1.44 bits per heavy atom. The lowest BCUT2D eigenvalue weighted by molar-refractivity contribution is 0.242. The van der Waals surface area contributed by atoms with Gasteiger partial charge in [0.15, 0.2) is 0 Å². The van der Waals surface area contributed by atoms with Crippen LogP contribution in [0, 0.1) is 11.8 Å². The minimum atomic E-state index is 0.945. The molecule has 3 nitrogen and oxygen atoms in total. The average molecular weight is 251 g/mol. The van der Waals surface area contributed by atoms with Crippen LogP contribution in [0.2, 0.25) is 0 Å². The lowest BCUT2D eigenvalue weighted by Crippen LogP contribution is -2.31. The van der Waals surface area contributed by atoms with Gasteiger partial charge in [-0.3, -0.25) is 0 Å². The predicted octanol–water partition coefficient (Wildman–Crippen LogP) is 1.36. The molecule has 0 spiro atoms. The second-order valence-electron chi connectivity index (χ2n) is 6.84. The third-order valence-corrected chi connectivity index (χ3v) is 5.09. The van der Waals surface area contributed by atoms with E-state index in [0.29, 0.717) is 0 Å². The number of nitrogens with zero attached hydrogens (tertiary/aromatic N) is 3. The summed E-state index contributed by atoms with van der Waals surface area (Å²) < 4.78 is 0. The molecule has 3 heterocycles. The Bertz CT molecular complexity index is 262. The first-order valence-electron chi connectivity index (χ1n) is 7.93. The Labute approximate surface area is 112 Å². The molecule has 0 aromatic carbocycles. The zero-order valence-corrected chi connectivity index (χ0v) is 12.0. The highest BCUT2D eigenvalue weighted by Crippen LogP contribution is 2.23. The molecule has 0 aromatic heterocycles. The fourth-order valence-corrected chi connectivity index (χ4v) is 4.10. The molecule has 3 heteroatoms. The van der Waals surface area contributed by atoms with Crippen molar-refractivity contribution < 1.29 is 0 Å². The van der Waals surface area contributed by atoms with Crippen LogP contribution in [0.4, 0.5) is 0 Å². The second kappa shape index (κ2) is 5.89. The molecule has 2 atom stereocenters. The Balaban J connectivity index is 1.38. The van der Waals surface area contributed by atoms with E-state index in [2.05, 4.69) is 21.7 Å². The van der Waals surface area contributed by atoms with E-state index in [4.69, 9.17) is 0 Å². The summed E-state index contributed by atoms with van der Waals surface area (Å²) in [6.07, 6.45) is 5.73. The van der Waals surface area contributed by atoms with Crippen molar-refractivity contribution in [1.29, 1.82) is 0 Å². The molecule has 3 fully saturated rings. The van der Waals surface area contributed by atoms with E-state index in [1.54, 1.807) is 0 Å². The first-order valence-corrected chi connectivity index (χ1v) is 7.93. The Morgan fingerprint density at radius 1 is 0.778 bits per heavy atom. The molecule has 0 saturated carbocycles. The van der Waals surface area contributed by atoms with Crippen molar-refractivity contribution in [2.45, 2.75) is 25.7 Å². The molecular formula is C15H29N3. The molecule has 0 aliphatic carbocycles. The van der Waals surface area contributed by atoms with Gasteiger partial charge in [0.2, 0.25) is 0 Å². The van der Waals surface area contributed by atoms with E-state index in [1.165, 1.54) is 78.0 Å². The zero-order chi connectivity index (χ0) is 12.4. The van der Waals surface area contributed by atoms with Gasteiger partial charge in [0.25, 0.3) is 0 Å². The zero-order valence-electron chi connectivity index (χ0n) is 12.0. The second-order valence-corrected chi connectivity index (χ2v) is 6.84. The van der Waals surface area contributed by atoms with Gasteiger partial charge in [0.1, 0.15) is 0 Å². The summed E-state index contributed by atoms with van der Waals surface area (Å²) in [5.74, 6) is 1.91. The quantitative estimate of drug-likeness (QED) is 0.747. The van der Waals surface area contributed by atoms with Crippen LogP contribution < -0.4 is 0 Å². The van der Waals surface area contributed by atoms with Gasteiger partial charge in [-0.05, 0) is 70.7 Å². The highest BCUT2D eigenvalue weighted by Gasteiger charge is 2.28. The minimum Gasteiger partial charge on any atom is -0.306 e. The maximum Gasteiger partial charge on any atom is 0.00225 e. The Hall–Kier alpha value is -0.120. The SMILES string of the molecule is CN1CCC(CN2CCC(CN3CCCC3)C2)C1. The van der Waals surface area contributed by atoms with Crippen molar-refractivity contribution in [3.05, 3.63) is 0 Å². The van der Waals surface area contributed by atoms with Crippen molar-refractivity contribution in [3.63, 3.8) is 0 Å². The van der Waals surface area contributed by atoms with Crippen molar-refractivity contribution in [2.24, 2.45) is 11.8 Å². The molecule has 0 bridgehead atoms. The molecule has 3 saturated heterocycles. The molecule has 3 aliphatic rings. The van der Waals surface area contributed by atoms with Gasteiger partial charge in [-0.1, -0.05) is 0 Å². The van der Waals surface area contributed by atoms with E-state index >= 15 is 0 Å². The van der Waals surface area contributed by atoms with Crippen molar-refractivity contribution in [2.75, 3.05) is 59.4 Å². The molecule has 0 amide bonds. The molecule has 0 N–H and O–H groups in total. The molecule has 104 valence electrons. The van der Waals surface area contributed by atoms with Crippen LogP contribution in [0.3, 0.4) is 0 Å². The van der Waals surface area contributed by atoms with E-state index in [9.17, 15) is 0 Å². The first kappa shape index (κ1) is 12.9. The summed E-state index contributed by atoms with van der Waals surface area (Å²) in [4.78, 5) is 7.92. The van der Waals surface area contributed by atoms with Crippen LogP contribution in [0.5, 0.6) is 0 Å². The lowest BCUT2D eigenvalue weighted by Gasteiger charge is -2.22. The summed E-state index contributed by atoms with van der Waals surface area (Å²) in [5, 5.41) is 0. The van der Waals surface area contributed by atoms with E-state index in [1.807, 2.05) is 0 Å². The van der Waals surface area contributed by atoms with Crippen molar-refractivity contribution >= 4 is 0 Å². The van der Waals surface area contributed by atoms with Crippen LogP contribution in [0.25, 0.3) is 0 Å². The number of hydrogen-bond acceptors (Lipinski definition) is 3. The molecule has 0 aromatic rings. The number of hydrogen-bond donors (Lipinski definition) is 0. The number of likely N-dealkylation sites (tertiary alicyclic amines) is 3. The van der Waals surface area contributed by atoms with Gasteiger partial charge < -0.3 is 14.7 Å². The average Bonchev–Trinajstić information content (AvgIpc) is 3.04. The third kappa shape index (κ3) is 3.25. The summed E-state index contributed by atoms with van der Waals surface area (Å²) in [7, 11) is 2.26. The Morgan fingerprint density at radius 3 is 2.17 bits per heavy atom. The normalized spacial score (nSPS) is 35.8. The van der Waals surface area contributed by atoms with Gasteiger partial charge >= 0.3 is 0 Å². The van der Waals surface area contributed by atoms with E-state index in [-0.39, 0.29) is 0 Å². The molecule has 0 radical (unpaired) electrons. The third-order valence-electron chi connectivity index (χ3n) is 5.09. The summed E-state index contributed by atoms with van der Waals surface area (Å²) in [5.41, 5.74) is 0. The Kier molecular flexibility index (Phi) is 4.22. The monoisotopic (exact) mass is 251 g/mol. The molecule has 2 unspecified atom stereocenters. The maximum absolute atomic E-state index is 2.74. The van der Waals surface area contributed by atoms with Crippen LogP contribution >= 0.6 is 0 Å². The standard InChI is InChI=1S/C15H29N3/c1-16-8-4-14(10-16)12-18-9-5-15(13-18)11-17-6-2-3-7-17/h14-15H,2-13H2,1H3. The van der Waals surface area contributed by atoms with Gasteiger partial charge in [-0.25, -0.2) is 0 Å². The van der Waals surface area contributed by atoms with Gasteiger partial charge in [-0.15, -0.1) is 0 Å². The van der Waals surface area contributed by atoms with Gasteiger partial charge in [0, 0.05) is 26.2 Å². The minimum absolute atomic E-state index is 0.945. The maximum atomic E-state index is 2.74. The highest BCUT2D eigenvalue weighted by atomic mass is 15.2. The largest absolute Gasteiger partial charge is 0.306 e. The predicted molar refractivity (Wildman–Crippen MR) is 75.8 cm³/mol. The van der Waals surface area contributed by atoms with Crippen molar-refractivity contribution in [1.82, 2.24) is 14.7 Å². The van der Waals surface area contributed by atoms with Crippen molar-refractivity contribution in [3.8, 4) is 0 Å². The van der Waals surface area contributed by atoms with E-state index < -0.39 is 0 Å². The fourth-order valence-electron chi connectivity index (χ4n) is 4.10. The van der Waals surface area contributed by atoms with Crippen LogP contribution in [-0.2, 0) is 0 Å². The molecule has 3 aliphatic heterocycles. The first-order chi connectivity index (χ1) is 8.79. The summed E-state index contributed by atoms with van der Waals surface area (Å²) in [6.45, 7) is 10.8. The molecular weight excluding hydrogens is 222 g/mol. The summed E-state index contributed by atoms with van der Waals surface area (Å²) >= 11 is 0. The molecule has 3 rings (SSSR count). The van der Waals surface area contributed by atoms with E-state index in [0.717, 1.165) is 11.8 Å². The lowest BCUT2D eigenvalue weighted by atomic mass is 10.1.